The number of nitrogens with zero attached hydrogens (tertiary/aromatic N) is 2. The van der Waals surface area contributed by atoms with Crippen molar-refractivity contribution in [3.05, 3.63) is 0 Å². The summed E-state index contributed by atoms with van der Waals surface area (Å²) in [7, 11) is 0. The normalized spacial score (nSPS) is 20.2. The molecule has 2 saturated heterocycles. The van der Waals surface area contributed by atoms with Crippen LogP contribution in [0.1, 0.15) is 65.7 Å². The number of carbonyl (C=O) groups is 3. The number of hydrogen-bond donors (Lipinski definition) is 1. The van der Waals surface area contributed by atoms with Gasteiger partial charge in [-0.25, -0.2) is 4.79 Å². The van der Waals surface area contributed by atoms with Crippen molar-refractivity contribution in [2.45, 2.75) is 77.4 Å². The van der Waals surface area contributed by atoms with Crippen molar-refractivity contribution < 1.29 is 19.1 Å². The zero-order valence-electron chi connectivity index (χ0n) is 16.4. The highest BCUT2D eigenvalue weighted by atomic mass is 16.6. The Morgan fingerprint density at radius 1 is 1.19 bits per heavy atom. The van der Waals surface area contributed by atoms with Gasteiger partial charge >= 0.3 is 6.09 Å². The molecule has 0 unspecified atom stereocenters. The summed E-state index contributed by atoms with van der Waals surface area (Å²) in [4.78, 5) is 39.6. The molecule has 2 aliphatic rings. The van der Waals surface area contributed by atoms with Gasteiger partial charge in [0.1, 0.15) is 11.6 Å². The minimum atomic E-state index is -0.470. The van der Waals surface area contributed by atoms with Crippen LogP contribution in [0.25, 0.3) is 0 Å². The molecule has 0 radical (unpaired) electrons. The fourth-order valence-electron chi connectivity index (χ4n) is 3.79. The fourth-order valence-corrected chi connectivity index (χ4v) is 3.79. The number of hydrogen-bond acceptors (Lipinski definition) is 4. The number of likely N-dealkylation sites (tertiary alicyclic amines) is 1. The molecule has 3 amide bonds. The van der Waals surface area contributed by atoms with E-state index in [1.165, 1.54) is 19.8 Å². The second-order valence-electron chi connectivity index (χ2n) is 7.52. The zero-order valence-corrected chi connectivity index (χ0v) is 16.4. The molecule has 1 N–H and O–H groups in total. The molecule has 1 spiro atoms. The predicted octanol–water partition coefficient (Wildman–Crippen LogP) is 2.29. The van der Waals surface area contributed by atoms with Gasteiger partial charge in [0.25, 0.3) is 0 Å². The van der Waals surface area contributed by atoms with E-state index in [2.05, 4.69) is 12.2 Å². The van der Waals surface area contributed by atoms with Crippen LogP contribution < -0.4 is 5.32 Å². The van der Waals surface area contributed by atoms with Gasteiger partial charge in [-0.2, -0.15) is 0 Å². The van der Waals surface area contributed by atoms with Crippen LogP contribution in [0, 0.1) is 0 Å². The van der Waals surface area contributed by atoms with Crippen LogP contribution in [0.5, 0.6) is 0 Å². The molecule has 2 rings (SSSR count). The van der Waals surface area contributed by atoms with Crippen molar-refractivity contribution in [2.75, 3.05) is 26.2 Å². The molecule has 2 fully saturated rings. The molecule has 2 heterocycles. The molecule has 0 saturated carbocycles. The Hall–Kier alpha value is -1.79. The van der Waals surface area contributed by atoms with E-state index >= 15 is 0 Å². The van der Waals surface area contributed by atoms with E-state index in [0.29, 0.717) is 38.9 Å². The number of piperidine rings is 1. The Balaban J connectivity index is 1.84. The van der Waals surface area contributed by atoms with Gasteiger partial charge in [-0.1, -0.05) is 33.1 Å². The number of nitrogens with one attached hydrogen (secondary N) is 1. The van der Waals surface area contributed by atoms with Crippen LogP contribution in [0.4, 0.5) is 4.79 Å². The molecule has 2 aliphatic heterocycles. The Bertz CT molecular complexity index is 515. The Morgan fingerprint density at radius 3 is 2.46 bits per heavy atom. The molecule has 0 bridgehead atoms. The van der Waals surface area contributed by atoms with Gasteiger partial charge in [-0.3, -0.25) is 9.59 Å². The molecule has 1 atom stereocenters. The van der Waals surface area contributed by atoms with Crippen LogP contribution in [-0.2, 0) is 14.3 Å². The van der Waals surface area contributed by atoms with Crippen LogP contribution in [0.15, 0.2) is 0 Å². The summed E-state index contributed by atoms with van der Waals surface area (Å²) in [5.74, 6) is -0.236. The summed E-state index contributed by atoms with van der Waals surface area (Å²) in [6.07, 6.45) is 6.19. The fraction of sp³-hybridized carbons (Fsp3) is 0.842. The standard InChI is InChI=1S/C19H33N3O4/c1-4-6-7-8-11-22-14-19(26-18(22)25)9-12-21(13-10-19)17(24)16(5-2)20-15(3)23/h16H,4-14H2,1-3H3,(H,20,23)/t16-/m1/s1. The van der Waals surface area contributed by atoms with Gasteiger partial charge in [-0.05, 0) is 12.8 Å². The minimum Gasteiger partial charge on any atom is -0.441 e. The lowest BCUT2D eigenvalue weighted by molar-refractivity contribution is -0.139. The Labute approximate surface area is 156 Å². The van der Waals surface area contributed by atoms with Crippen LogP contribution in [-0.4, -0.2) is 65.5 Å². The van der Waals surface area contributed by atoms with Gasteiger partial charge < -0.3 is 19.9 Å². The first-order chi connectivity index (χ1) is 12.4. The molecule has 0 aliphatic carbocycles. The Morgan fingerprint density at radius 2 is 1.88 bits per heavy atom. The van der Waals surface area contributed by atoms with E-state index in [1.807, 2.05) is 11.8 Å². The lowest BCUT2D eigenvalue weighted by Crippen LogP contribution is -2.54. The van der Waals surface area contributed by atoms with Crippen molar-refractivity contribution in [3.63, 3.8) is 0 Å². The number of ether oxygens (including phenoxy) is 1. The highest BCUT2D eigenvalue weighted by Crippen LogP contribution is 2.33. The molecule has 7 nitrogen and oxygen atoms in total. The zero-order chi connectivity index (χ0) is 19.2. The third kappa shape index (κ3) is 5.11. The summed E-state index contributed by atoms with van der Waals surface area (Å²) in [5.41, 5.74) is -0.450. The largest absolute Gasteiger partial charge is 0.441 e. The van der Waals surface area contributed by atoms with Gasteiger partial charge in [0.2, 0.25) is 11.8 Å². The molecule has 0 aromatic carbocycles. The second-order valence-corrected chi connectivity index (χ2v) is 7.52. The average molecular weight is 367 g/mol. The molecular formula is C19H33N3O4. The van der Waals surface area contributed by atoms with Gasteiger partial charge in [0.15, 0.2) is 0 Å². The SMILES string of the molecule is CCCCCCN1CC2(CCN(C(=O)[C@@H](CC)NC(C)=O)CC2)OC1=O. The van der Waals surface area contributed by atoms with E-state index in [0.717, 1.165) is 19.4 Å². The monoisotopic (exact) mass is 367 g/mol. The predicted molar refractivity (Wildman–Crippen MR) is 98.6 cm³/mol. The van der Waals surface area contributed by atoms with Crippen molar-refractivity contribution in [2.24, 2.45) is 0 Å². The maximum atomic E-state index is 12.6. The van der Waals surface area contributed by atoms with Crippen molar-refractivity contribution >= 4 is 17.9 Å². The smallest absolute Gasteiger partial charge is 0.410 e. The molecule has 0 aromatic rings. The number of amides is 3. The van der Waals surface area contributed by atoms with E-state index in [1.54, 1.807) is 4.90 Å². The maximum absolute atomic E-state index is 12.6. The first-order valence-corrected chi connectivity index (χ1v) is 9.94. The van der Waals surface area contributed by atoms with Crippen molar-refractivity contribution in [1.82, 2.24) is 15.1 Å². The summed E-state index contributed by atoms with van der Waals surface area (Å²) in [5, 5.41) is 2.71. The van der Waals surface area contributed by atoms with E-state index in [4.69, 9.17) is 4.74 Å². The van der Waals surface area contributed by atoms with Crippen LogP contribution in [0.2, 0.25) is 0 Å². The van der Waals surface area contributed by atoms with Crippen LogP contribution in [0.3, 0.4) is 0 Å². The van der Waals surface area contributed by atoms with E-state index in [-0.39, 0.29) is 17.9 Å². The first kappa shape index (κ1) is 20.5. The highest BCUT2D eigenvalue weighted by Gasteiger charge is 2.47. The lowest BCUT2D eigenvalue weighted by atomic mass is 9.91. The molecule has 7 heteroatoms. The molecule has 0 aromatic heterocycles. The first-order valence-electron chi connectivity index (χ1n) is 9.94. The minimum absolute atomic E-state index is 0.0432. The maximum Gasteiger partial charge on any atom is 0.410 e. The average Bonchev–Trinajstić information content (AvgIpc) is 2.91. The van der Waals surface area contributed by atoms with E-state index < -0.39 is 11.6 Å². The molecule has 148 valence electrons. The van der Waals surface area contributed by atoms with Crippen molar-refractivity contribution in [3.8, 4) is 0 Å². The van der Waals surface area contributed by atoms with Crippen LogP contribution >= 0.6 is 0 Å². The summed E-state index contributed by atoms with van der Waals surface area (Å²) >= 11 is 0. The number of carbonyl (C=O) groups excluding carboxylic acids is 3. The number of rotatable bonds is 8. The van der Waals surface area contributed by atoms with Gasteiger partial charge in [0, 0.05) is 39.4 Å². The lowest BCUT2D eigenvalue weighted by Gasteiger charge is -2.38. The van der Waals surface area contributed by atoms with Gasteiger partial charge in [-0.15, -0.1) is 0 Å². The molecule has 26 heavy (non-hydrogen) atoms. The third-order valence-electron chi connectivity index (χ3n) is 5.39. The van der Waals surface area contributed by atoms with E-state index in [9.17, 15) is 14.4 Å². The van der Waals surface area contributed by atoms with Gasteiger partial charge in [0.05, 0.1) is 6.54 Å². The topological polar surface area (TPSA) is 78.9 Å². The number of unbranched alkanes of at least 4 members (excludes halogenated alkanes) is 3. The summed E-state index contributed by atoms with van der Waals surface area (Å²) < 4.78 is 5.72. The third-order valence-corrected chi connectivity index (χ3v) is 5.39. The highest BCUT2D eigenvalue weighted by molar-refractivity contribution is 5.87. The summed E-state index contributed by atoms with van der Waals surface area (Å²) in [6.45, 7) is 7.99. The second kappa shape index (κ2) is 9.24. The summed E-state index contributed by atoms with van der Waals surface area (Å²) in [6, 6.07) is -0.470. The molecular weight excluding hydrogens is 334 g/mol. The quantitative estimate of drug-likeness (QED) is 0.668. The Kier molecular flexibility index (Phi) is 7.29. The van der Waals surface area contributed by atoms with Crippen molar-refractivity contribution in [1.29, 1.82) is 0 Å².